The molecule has 0 spiro atoms. The first-order valence-corrected chi connectivity index (χ1v) is 5.61. The molecule has 0 fully saturated rings. The second-order valence-corrected chi connectivity index (χ2v) is 4.45. The maximum atomic E-state index is 13.1. The Kier molecular flexibility index (Phi) is 2.97. The Labute approximate surface area is 97.0 Å². The van der Waals surface area contributed by atoms with Crippen molar-refractivity contribution in [3.05, 3.63) is 40.8 Å². The molecule has 1 aromatic carbocycles. The van der Waals surface area contributed by atoms with Gasteiger partial charge in [0.2, 0.25) is 0 Å². The summed E-state index contributed by atoms with van der Waals surface area (Å²) in [6, 6.07) is 8.48. The fourth-order valence-corrected chi connectivity index (χ4v) is 2.49. The van der Waals surface area contributed by atoms with Gasteiger partial charge < -0.3 is 0 Å². The number of benzene rings is 1. The highest BCUT2D eigenvalue weighted by Crippen LogP contribution is 2.30. The summed E-state index contributed by atoms with van der Waals surface area (Å²) in [4.78, 5) is 5.21. The summed E-state index contributed by atoms with van der Waals surface area (Å²) in [5, 5.41) is 9.37. The van der Waals surface area contributed by atoms with Crippen LogP contribution in [0.25, 0.3) is 10.4 Å². The lowest BCUT2D eigenvalue weighted by atomic mass is 10.1. The minimum absolute atomic E-state index is 0.257. The Bertz CT molecular complexity index is 554. The predicted molar refractivity (Wildman–Crippen MR) is 61.6 cm³/mol. The number of hydrogen-bond donors (Lipinski definition) is 0. The number of nitrogens with zero attached hydrogens (tertiary/aromatic N) is 2. The zero-order chi connectivity index (χ0) is 11.5. The van der Waals surface area contributed by atoms with Gasteiger partial charge in [0.05, 0.1) is 23.1 Å². The van der Waals surface area contributed by atoms with E-state index in [4.69, 9.17) is 5.26 Å². The zero-order valence-electron chi connectivity index (χ0n) is 8.70. The van der Waals surface area contributed by atoms with Crippen LogP contribution in [0.5, 0.6) is 0 Å². The van der Waals surface area contributed by atoms with Gasteiger partial charge in [-0.25, -0.2) is 9.37 Å². The maximum absolute atomic E-state index is 13.1. The van der Waals surface area contributed by atoms with E-state index in [1.54, 1.807) is 6.07 Å². The first-order chi connectivity index (χ1) is 7.70. The van der Waals surface area contributed by atoms with Crippen molar-refractivity contribution in [1.29, 1.82) is 5.26 Å². The fraction of sp³-hybridized carbons (Fsp3) is 0.167. The number of halogens is 1. The molecule has 16 heavy (non-hydrogen) atoms. The highest BCUT2D eigenvalue weighted by Gasteiger charge is 2.09. The summed E-state index contributed by atoms with van der Waals surface area (Å²) in [5.41, 5.74) is 1.67. The van der Waals surface area contributed by atoms with Gasteiger partial charge in [-0.3, -0.25) is 0 Å². The summed E-state index contributed by atoms with van der Waals surface area (Å²) >= 11 is 1.45. The lowest BCUT2D eigenvalue weighted by molar-refractivity contribution is 0.628. The van der Waals surface area contributed by atoms with E-state index >= 15 is 0 Å². The molecule has 0 N–H and O–H groups in total. The molecule has 0 saturated carbocycles. The summed E-state index contributed by atoms with van der Waals surface area (Å²) in [6.07, 6.45) is 0.306. The molecule has 0 atom stereocenters. The highest BCUT2D eigenvalue weighted by atomic mass is 32.1. The van der Waals surface area contributed by atoms with Crippen molar-refractivity contribution in [2.75, 3.05) is 0 Å². The van der Waals surface area contributed by atoms with Crippen molar-refractivity contribution >= 4 is 11.3 Å². The lowest BCUT2D eigenvalue weighted by Crippen LogP contribution is -1.80. The molecular formula is C12H9FN2S. The van der Waals surface area contributed by atoms with Crippen molar-refractivity contribution in [3.8, 4) is 16.5 Å². The minimum Gasteiger partial charge on any atom is -0.245 e. The second kappa shape index (κ2) is 4.42. The zero-order valence-corrected chi connectivity index (χ0v) is 9.51. The van der Waals surface area contributed by atoms with Crippen LogP contribution in [0.1, 0.15) is 10.7 Å². The van der Waals surface area contributed by atoms with Crippen LogP contribution in [0.15, 0.2) is 24.3 Å². The van der Waals surface area contributed by atoms with Gasteiger partial charge in [0.25, 0.3) is 0 Å². The van der Waals surface area contributed by atoms with Crippen LogP contribution in [-0.4, -0.2) is 4.98 Å². The van der Waals surface area contributed by atoms with Crippen LogP contribution in [0.4, 0.5) is 4.39 Å². The summed E-state index contributed by atoms with van der Waals surface area (Å²) in [6.45, 7) is 1.87. The van der Waals surface area contributed by atoms with Crippen LogP contribution in [0, 0.1) is 24.1 Å². The molecule has 0 aliphatic heterocycles. The van der Waals surface area contributed by atoms with Crippen LogP contribution < -0.4 is 0 Å². The normalized spacial score (nSPS) is 10.1. The summed E-state index contributed by atoms with van der Waals surface area (Å²) in [7, 11) is 0. The van der Waals surface area contributed by atoms with Gasteiger partial charge in [-0.15, -0.1) is 11.3 Å². The fourth-order valence-electron chi connectivity index (χ4n) is 1.49. The van der Waals surface area contributed by atoms with Gasteiger partial charge in [0.1, 0.15) is 10.8 Å². The predicted octanol–water partition coefficient (Wildman–Crippen LogP) is 3.32. The summed E-state index contributed by atoms with van der Waals surface area (Å²) in [5.74, 6) is -0.257. The van der Waals surface area contributed by atoms with Crippen LogP contribution >= 0.6 is 11.3 Å². The SMILES string of the molecule is Cc1nc(CC#N)sc1-c1cccc(F)c1. The molecule has 1 heterocycles. The maximum Gasteiger partial charge on any atom is 0.123 e. The molecular weight excluding hydrogens is 223 g/mol. The van der Waals surface area contributed by atoms with Gasteiger partial charge in [-0.2, -0.15) is 5.26 Å². The lowest BCUT2D eigenvalue weighted by Gasteiger charge is -1.97. The Balaban J connectivity index is 2.44. The van der Waals surface area contributed by atoms with E-state index in [1.807, 2.05) is 13.0 Å². The van der Waals surface area contributed by atoms with Crippen LogP contribution in [-0.2, 0) is 6.42 Å². The van der Waals surface area contributed by atoms with E-state index in [0.717, 1.165) is 21.1 Å². The van der Waals surface area contributed by atoms with E-state index in [0.29, 0.717) is 6.42 Å². The third-order valence-electron chi connectivity index (χ3n) is 2.16. The van der Waals surface area contributed by atoms with Gasteiger partial charge >= 0.3 is 0 Å². The second-order valence-electron chi connectivity index (χ2n) is 3.37. The van der Waals surface area contributed by atoms with Crippen LogP contribution in [0.3, 0.4) is 0 Å². The number of nitriles is 1. The van der Waals surface area contributed by atoms with E-state index in [9.17, 15) is 4.39 Å². The molecule has 0 bridgehead atoms. The van der Waals surface area contributed by atoms with Crippen molar-refractivity contribution in [1.82, 2.24) is 4.98 Å². The molecule has 0 amide bonds. The number of hydrogen-bond acceptors (Lipinski definition) is 3. The molecule has 2 rings (SSSR count). The van der Waals surface area contributed by atoms with E-state index in [2.05, 4.69) is 11.1 Å². The van der Waals surface area contributed by atoms with Crippen LogP contribution in [0.2, 0.25) is 0 Å². The van der Waals surface area contributed by atoms with Crippen molar-refractivity contribution in [3.63, 3.8) is 0 Å². The van der Waals surface area contributed by atoms with Gasteiger partial charge in [0, 0.05) is 0 Å². The first kappa shape index (κ1) is 10.8. The van der Waals surface area contributed by atoms with Crippen molar-refractivity contribution in [2.24, 2.45) is 0 Å². The average molecular weight is 232 g/mol. The minimum atomic E-state index is -0.257. The molecule has 4 heteroatoms. The quantitative estimate of drug-likeness (QED) is 0.796. The van der Waals surface area contributed by atoms with Crippen molar-refractivity contribution < 1.29 is 4.39 Å². The molecule has 0 aliphatic carbocycles. The molecule has 2 aromatic rings. The Hall–Kier alpha value is -1.73. The monoisotopic (exact) mass is 232 g/mol. The number of aryl methyl sites for hydroxylation is 1. The van der Waals surface area contributed by atoms with Gasteiger partial charge in [-0.05, 0) is 24.6 Å². The topological polar surface area (TPSA) is 36.7 Å². The molecule has 2 nitrogen and oxygen atoms in total. The van der Waals surface area contributed by atoms with Gasteiger partial charge in [0.15, 0.2) is 0 Å². The first-order valence-electron chi connectivity index (χ1n) is 4.80. The van der Waals surface area contributed by atoms with Crippen molar-refractivity contribution in [2.45, 2.75) is 13.3 Å². The molecule has 0 saturated heterocycles. The summed E-state index contributed by atoms with van der Waals surface area (Å²) < 4.78 is 13.1. The molecule has 0 radical (unpaired) electrons. The number of aromatic nitrogens is 1. The molecule has 0 unspecified atom stereocenters. The Morgan fingerprint density at radius 1 is 1.50 bits per heavy atom. The average Bonchev–Trinajstić information content (AvgIpc) is 2.60. The van der Waals surface area contributed by atoms with E-state index in [1.165, 1.54) is 23.5 Å². The van der Waals surface area contributed by atoms with Gasteiger partial charge in [-0.1, -0.05) is 12.1 Å². The standard InChI is InChI=1S/C12H9FN2S/c1-8-12(16-11(15-8)5-6-14)9-3-2-4-10(13)7-9/h2-4,7H,5H2,1H3. The number of thiazole rings is 1. The Morgan fingerprint density at radius 2 is 2.31 bits per heavy atom. The molecule has 1 aromatic heterocycles. The van der Waals surface area contributed by atoms with E-state index in [-0.39, 0.29) is 5.82 Å². The number of rotatable bonds is 2. The van der Waals surface area contributed by atoms with E-state index < -0.39 is 0 Å². The largest absolute Gasteiger partial charge is 0.245 e. The molecule has 0 aliphatic rings. The molecule has 80 valence electrons. The smallest absolute Gasteiger partial charge is 0.123 e. The third kappa shape index (κ3) is 2.10. The highest BCUT2D eigenvalue weighted by molar-refractivity contribution is 7.15. The Morgan fingerprint density at radius 3 is 3.00 bits per heavy atom. The third-order valence-corrected chi connectivity index (χ3v) is 3.36.